The Kier molecular flexibility index (Phi) is 4.90. The second-order valence-corrected chi connectivity index (χ2v) is 6.89. The third-order valence-corrected chi connectivity index (χ3v) is 5.01. The van der Waals surface area contributed by atoms with Crippen molar-refractivity contribution in [1.82, 2.24) is 0 Å². The largest absolute Gasteiger partial charge is 0.439 e. The van der Waals surface area contributed by atoms with Gasteiger partial charge in [-0.25, -0.2) is 0 Å². The Morgan fingerprint density at radius 1 is 0.857 bits per heavy atom. The van der Waals surface area contributed by atoms with Gasteiger partial charge in [-0.1, -0.05) is 59.6 Å². The molecule has 4 nitrogen and oxygen atoms in total. The van der Waals surface area contributed by atoms with Gasteiger partial charge >= 0.3 is 0 Å². The highest BCUT2D eigenvalue weighted by Crippen LogP contribution is 2.33. The van der Waals surface area contributed by atoms with E-state index in [-0.39, 0.29) is 22.8 Å². The molecule has 0 spiro atoms. The van der Waals surface area contributed by atoms with Crippen LogP contribution in [-0.4, -0.2) is 5.91 Å². The fourth-order valence-electron chi connectivity index (χ4n) is 2.91. The van der Waals surface area contributed by atoms with Crippen LogP contribution in [0.4, 0.5) is 5.88 Å². The first-order valence-corrected chi connectivity index (χ1v) is 9.18. The SMILES string of the molecule is O=C(Nc1oc2ccccc2c(=O)c1-c1ccc(Cl)c(Cl)c1)c1ccccc1. The summed E-state index contributed by atoms with van der Waals surface area (Å²) in [5, 5.41) is 3.78. The normalized spacial score (nSPS) is 10.8. The minimum Gasteiger partial charge on any atom is -0.439 e. The molecule has 0 fully saturated rings. The number of fused-ring (bicyclic) bond motifs is 1. The highest BCUT2D eigenvalue weighted by Gasteiger charge is 2.19. The van der Waals surface area contributed by atoms with Crippen LogP contribution in [0.2, 0.25) is 10.0 Å². The summed E-state index contributed by atoms with van der Waals surface area (Å²) < 4.78 is 5.88. The van der Waals surface area contributed by atoms with Crippen molar-refractivity contribution < 1.29 is 9.21 Å². The molecule has 3 aromatic carbocycles. The van der Waals surface area contributed by atoms with Crippen molar-refractivity contribution in [3.05, 3.63) is 98.6 Å². The van der Waals surface area contributed by atoms with Crippen molar-refractivity contribution in [2.45, 2.75) is 0 Å². The van der Waals surface area contributed by atoms with E-state index in [0.29, 0.717) is 32.1 Å². The number of benzene rings is 3. The van der Waals surface area contributed by atoms with E-state index in [1.165, 1.54) is 0 Å². The lowest BCUT2D eigenvalue weighted by molar-refractivity contribution is 0.102. The lowest BCUT2D eigenvalue weighted by atomic mass is 10.0. The number of halogens is 2. The van der Waals surface area contributed by atoms with Crippen LogP contribution in [0.1, 0.15) is 10.4 Å². The molecule has 0 unspecified atom stereocenters. The highest BCUT2D eigenvalue weighted by atomic mass is 35.5. The molecule has 4 rings (SSSR count). The number of para-hydroxylation sites is 1. The summed E-state index contributed by atoms with van der Waals surface area (Å²) in [7, 11) is 0. The van der Waals surface area contributed by atoms with Crippen LogP contribution in [0.15, 0.2) is 82.0 Å². The Balaban J connectivity index is 1.92. The molecule has 0 saturated heterocycles. The van der Waals surface area contributed by atoms with Gasteiger partial charge in [-0.15, -0.1) is 0 Å². The number of amides is 1. The van der Waals surface area contributed by atoms with Crippen molar-refractivity contribution in [1.29, 1.82) is 0 Å². The molecule has 6 heteroatoms. The zero-order valence-electron chi connectivity index (χ0n) is 14.4. The van der Waals surface area contributed by atoms with Gasteiger partial charge in [0, 0.05) is 5.56 Å². The molecule has 1 aromatic heterocycles. The molecule has 4 aromatic rings. The third kappa shape index (κ3) is 3.40. The van der Waals surface area contributed by atoms with Crippen LogP contribution < -0.4 is 10.7 Å². The predicted molar refractivity (Wildman–Crippen MR) is 112 cm³/mol. The number of carbonyl (C=O) groups is 1. The molecule has 138 valence electrons. The molecule has 1 heterocycles. The molecule has 0 aliphatic rings. The van der Waals surface area contributed by atoms with Gasteiger partial charge in [-0.2, -0.15) is 0 Å². The average molecular weight is 410 g/mol. The molecular weight excluding hydrogens is 397 g/mol. The molecule has 1 amide bonds. The van der Waals surface area contributed by atoms with Crippen LogP contribution in [0.3, 0.4) is 0 Å². The lowest BCUT2D eigenvalue weighted by Gasteiger charge is -2.12. The van der Waals surface area contributed by atoms with E-state index in [1.807, 2.05) is 6.07 Å². The quantitative estimate of drug-likeness (QED) is 0.449. The second-order valence-electron chi connectivity index (χ2n) is 6.08. The maximum absolute atomic E-state index is 13.2. The van der Waals surface area contributed by atoms with Crippen molar-refractivity contribution in [2.24, 2.45) is 0 Å². The molecule has 0 bridgehead atoms. The van der Waals surface area contributed by atoms with Crippen molar-refractivity contribution in [2.75, 3.05) is 5.32 Å². The van der Waals surface area contributed by atoms with Gasteiger partial charge in [0.15, 0.2) is 0 Å². The van der Waals surface area contributed by atoms with E-state index < -0.39 is 0 Å². The van der Waals surface area contributed by atoms with Gasteiger partial charge in [0.25, 0.3) is 5.91 Å². The van der Waals surface area contributed by atoms with E-state index in [9.17, 15) is 9.59 Å². The van der Waals surface area contributed by atoms with Crippen LogP contribution in [0.5, 0.6) is 0 Å². The molecular formula is C22H13Cl2NO3. The summed E-state index contributed by atoms with van der Waals surface area (Å²) in [6.45, 7) is 0. The fraction of sp³-hybridized carbons (Fsp3) is 0. The smallest absolute Gasteiger partial charge is 0.257 e. The van der Waals surface area contributed by atoms with Gasteiger partial charge in [0.2, 0.25) is 11.3 Å². The lowest BCUT2D eigenvalue weighted by Crippen LogP contribution is -2.16. The maximum atomic E-state index is 13.2. The van der Waals surface area contributed by atoms with Crippen LogP contribution in [0.25, 0.3) is 22.1 Å². The molecule has 28 heavy (non-hydrogen) atoms. The Bertz CT molecular complexity index is 1250. The number of carbonyl (C=O) groups excluding carboxylic acids is 1. The van der Waals surface area contributed by atoms with Crippen LogP contribution >= 0.6 is 23.2 Å². The van der Waals surface area contributed by atoms with E-state index >= 15 is 0 Å². The number of nitrogens with one attached hydrogen (secondary N) is 1. The van der Waals surface area contributed by atoms with E-state index in [2.05, 4.69) is 5.32 Å². The second kappa shape index (κ2) is 7.50. The predicted octanol–water partition coefficient (Wildman–Crippen LogP) is 6.02. The molecule has 0 radical (unpaired) electrons. The summed E-state index contributed by atoms with van der Waals surface area (Å²) in [5.74, 6) is -0.337. The first-order valence-electron chi connectivity index (χ1n) is 8.42. The summed E-state index contributed by atoms with van der Waals surface area (Å²) in [5.41, 5.74) is 1.25. The number of hydrogen-bond acceptors (Lipinski definition) is 3. The van der Waals surface area contributed by atoms with Gasteiger partial charge in [0.05, 0.1) is 21.0 Å². The summed E-state index contributed by atoms with van der Waals surface area (Å²) in [4.78, 5) is 25.8. The number of hydrogen-bond donors (Lipinski definition) is 1. The number of anilines is 1. The molecule has 0 saturated carbocycles. The van der Waals surface area contributed by atoms with Gasteiger partial charge < -0.3 is 4.42 Å². The highest BCUT2D eigenvalue weighted by molar-refractivity contribution is 6.42. The summed E-state index contributed by atoms with van der Waals surface area (Å²) in [6.07, 6.45) is 0. The van der Waals surface area contributed by atoms with Crippen LogP contribution in [0, 0.1) is 0 Å². The summed E-state index contributed by atoms with van der Waals surface area (Å²) >= 11 is 12.1. The first-order chi connectivity index (χ1) is 13.5. The monoisotopic (exact) mass is 409 g/mol. The third-order valence-electron chi connectivity index (χ3n) is 4.27. The molecule has 0 aliphatic heterocycles. The fourth-order valence-corrected chi connectivity index (χ4v) is 3.21. The summed E-state index contributed by atoms with van der Waals surface area (Å²) in [6, 6.07) is 20.4. The molecule has 1 N–H and O–H groups in total. The topological polar surface area (TPSA) is 59.3 Å². The average Bonchev–Trinajstić information content (AvgIpc) is 2.71. The van der Waals surface area contributed by atoms with Gasteiger partial charge in [-0.05, 0) is 42.0 Å². The Morgan fingerprint density at radius 3 is 2.32 bits per heavy atom. The Hall–Kier alpha value is -3.08. The zero-order valence-corrected chi connectivity index (χ0v) is 15.9. The van der Waals surface area contributed by atoms with Crippen molar-refractivity contribution in [3.8, 4) is 11.1 Å². The number of rotatable bonds is 3. The van der Waals surface area contributed by atoms with Crippen molar-refractivity contribution in [3.63, 3.8) is 0 Å². The van der Waals surface area contributed by atoms with Gasteiger partial charge in [-0.3, -0.25) is 14.9 Å². The maximum Gasteiger partial charge on any atom is 0.257 e. The Labute approximate surface area is 170 Å². The Morgan fingerprint density at radius 2 is 1.57 bits per heavy atom. The zero-order chi connectivity index (χ0) is 19.7. The van der Waals surface area contributed by atoms with E-state index in [4.69, 9.17) is 27.6 Å². The molecule has 0 atom stereocenters. The van der Waals surface area contributed by atoms with Crippen molar-refractivity contribution >= 4 is 46.0 Å². The minimum atomic E-state index is -0.389. The van der Waals surface area contributed by atoms with E-state index in [1.54, 1.807) is 66.7 Å². The first kappa shape index (κ1) is 18.3. The molecule has 0 aliphatic carbocycles. The van der Waals surface area contributed by atoms with Gasteiger partial charge in [0.1, 0.15) is 5.58 Å². The van der Waals surface area contributed by atoms with E-state index in [0.717, 1.165) is 0 Å². The standard InChI is InChI=1S/C22H13Cl2NO3/c23-16-11-10-14(12-17(16)24)19-20(26)15-8-4-5-9-18(15)28-22(19)25-21(27)13-6-2-1-3-7-13/h1-12H,(H,25,27). The van der Waals surface area contributed by atoms with Crippen LogP contribution in [-0.2, 0) is 0 Å². The minimum absolute atomic E-state index is 0.0518.